The second-order valence-electron chi connectivity index (χ2n) is 6.44. The monoisotopic (exact) mass is 428 g/mol. The van der Waals surface area contributed by atoms with Crippen LogP contribution in [0.25, 0.3) is 28.2 Å². The SMILES string of the molecule is CS(=O)(=O)c1ccc(-c2cnc(N)c(-c3nnnn3-c3cccc(F)c3F)c2)cc1. The Bertz CT molecular complexity index is 1350. The number of benzene rings is 2. The van der Waals surface area contributed by atoms with E-state index in [0.717, 1.165) is 17.0 Å². The van der Waals surface area contributed by atoms with Gasteiger partial charge in [0.15, 0.2) is 27.3 Å². The summed E-state index contributed by atoms with van der Waals surface area (Å²) in [6.45, 7) is 0. The first-order valence-corrected chi connectivity index (χ1v) is 10.4. The molecular weight excluding hydrogens is 414 g/mol. The molecule has 0 saturated carbocycles. The molecule has 2 aromatic carbocycles. The standard InChI is InChI=1S/C19H14F2N6O2S/c1-30(28,29)13-7-5-11(6-8-13)12-9-14(18(22)23-10-12)19-24-25-26-27(19)16-4-2-3-15(20)17(16)21/h2-10H,1H3,(H2,22,23). The lowest BCUT2D eigenvalue weighted by Gasteiger charge is -2.10. The highest BCUT2D eigenvalue weighted by Gasteiger charge is 2.19. The molecule has 0 atom stereocenters. The van der Waals surface area contributed by atoms with E-state index >= 15 is 0 Å². The Balaban J connectivity index is 1.81. The van der Waals surface area contributed by atoms with Gasteiger partial charge >= 0.3 is 0 Å². The zero-order chi connectivity index (χ0) is 21.5. The van der Waals surface area contributed by atoms with E-state index < -0.39 is 21.5 Å². The number of rotatable bonds is 4. The number of nitrogens with two attached hydrogens (primary N) is 1. The van der Waals surface area contributed by atoms with Crippen LogP contribution >= 0.6 is 0 Å². The lowest BCUT2D eigenvalue weighted by atomic mass is 10.1. The third-order valence-electron chi connectivity index (χ3n) is 4.40. The molecule has 30 heavy (non-hydrogen) atoms. The Kier molecular flexibility index (Phi) is 4.74. The van der Waals surface area contributed by atoms with Gasteiger partial charge in [0.2, 0.25) is 0 Å². The first-order chi connectivity index (χ1) is 14.3. The van der Waals surface area contributed by atoms with Crippen LogP contribution in [-0.2, 0) is 9.84 Å². The molecule has 11 heteroatoms. The fourth-order valence-electron chi connectivity index (χ4n) is 2.88. The number of tetrazole rings is 1. The van der Waals surface area contributed by atoms with Crippen LogP contribution in [0.3, 0.4) is 0 Å². The summed E-state index contributed by atoms with van der Waals surface area (Å²) in [4.78, 5) is 4.32. The molecule has 0 saturated heterocycles. The van der Waals surface area contributed by atoms with Gasteiger partial charge in [0.25, 0.3) is 0 Å². The van der Waals surface area contributed by atoms with Gasteiger partial charge in [-0.15, -0.1) is 5.10 Å². The van der Waals surface area contributed by atoms with E-state index in [4.69, 9.17) is 5.73 Å². The molecular formula is C19H14F2N6O2S. The maximum Gasteiger partial charge on any atom is 0.190 e. The molecule has 4 rings (SSSR count). The van der Waals surface area contributed by atoms with Crippen molar-refractivity contribution < 1.29 is 17.2 Å². The number of hydrogen-bond acceptors (Lipinski definition) is 7. The molecule has 0 fully saturated rings. The fraction of sp³-hybridized carbons (Fsp3) is 0.0526. The molecule has 0 unspecified atom stereocenters. The van der Waals surface area contributed by atoms with E-state index in [1.54, 1.807) is 18.2 Å². The Morgan fingerprint density at radius 3 is 2.47 bits per heavy atom. The topological polar surface area (TPSA) is 117 Å². The predicted octanol–water partition coefficient (Wildman–Crippen LogP) is 2.66. The number of pyridine rings is 1. The van der Waals surface area contributed by atoms with Crippen LogP contribution in [0.1, 0.15) is 0 Å². The van der Waals surface area contributed by atoms with Gasteiger partial charge < -0.3 is 5.73 Å². The minimum atomic E-state index is -3.33. The summed E-state index contributed by atoms with van der Waals surface area (Å²) in [6.07, 6.45) is 2.63. The quantitative estimate of drug-likeness (QED) is 0.531. The van der Waals surface area contributed by atoms with Crippen molar-refractivity contribution in [3.8, 4) is 28.2 Å². The fourth-order valence-corrected chi connectivity index (χ4v) is 3.51. The third-order valence-corrected chi connectivity index (χ3v) is 5.53. The van der Waals surface area contributed by atoms with Crippen molar-refractivity contribution in [2.24, 2.45) is 0 Å². The number of hydrogen-bond donors (Lipinski definition) is 1. The molecule has 152 valence electrons. The van der Waals surface area contributed by atoms with Crippen molar-refractivity contribution in [2.45, 2.75) is 4.90 Å². The Labute approximate surface area is 169 Å². The highest BCUT2D eigenvalue weighted by Crippen LogP contribution is 2.30. The van der Waals surface area contributed by atoms with E-state index in [1.165, 1.54) is 30.5 Å². The van der Waals surface area contributed by atoms with Crippen LogP contribution in [0.4, 0.5) is 14.6 Å². The molecule has 0 aliphatic rings. The zero-order valence-electron chi connectivity index (χ0n) is 15.5. The van der Waals surface area contributed by atoms with Crippen LogP contribution in [0.15, 0.2) is 59.6 Å². The Morgan fingerprint density at radius 1 is 1.03 bits per heavy atom. The number of nitrogen functional groups attached to an aromatic ring is 1. The van der Waals surface area contributed by atoms with E-state index in [-0.39, 0.29) is 22.2 Å². The summed E-state index contributed by atoms with van der Waals surface area (Å²) in [5.41, 5.74) is 7.38. The van der Waals surface area contributed by atoms with E-state index in [2.05, 4.69) is 20.5 Å². The van der Waals surface area contributed by atoms with Gasteiger partial charge in [-0.1, -0.05) is 18.2 Å². The second kappa shape index (κ2) is 7.26. The Hall–Kier alpha value is -3.73. The van der Waals surface area contributed by atoms with Gasteiger partial charge in [-0.25, -0.2) is 22.2 Å². The molecule has 2 N–H and O–H groups in total. The molecule has 2 aromatic heterocycles. The van der Waals surface area contributed by atoms with Gasteiger partial charge in [0, 0.05) is 18.0 Å². The minimum absolute atomic E-state index is 0.0686. The summed E-state index contributed by atoms with van der Waals surface area (Å²) in [5.74, 6) is -2.00. The number of sulfone groups is 1. The van der Waals surface area contributed by atoms with Crippen LogP contribution < -0.4 is 5.73 Å². The van der Waals surface area contributed by atoms with Crippen molar-refractivity contribution in [1.82, 2.24) is 25.2 Å². The highest BCUT2D eigenvalue weighted by atomic mass is 32.2. The maximum absolute atomic E-state index is 14.3. The molecule has 0 amide bonds. The molecule has 0 radical (unpaired) electrons. The molecule has 0 spiro atoms. The first kappa shape index (κ1) is 19.6. The summed E-state index contributed by atoms with van der Waals surface area (Å²) in [7, 11) is -3.33. The van der Waals surface area contributed by atoms with Crippen LogP contribution in [-0.4, -0.2) is 39.9 Å². The maximum atomic E-state index is 14.3. The largest absolute Gasteiger partial charge is 0.383 e. The highest BCUT2D eigenvalue weighted by molar-refractivity contribution is 7.90. The molecule has 4 aromatic rings. The molecule has 0 aliphatic carbocycles. The van der Waals surface area contributed by atoms with Gasteiger partial charge in [-0.2, -0.15) is 4.68 Å². The van der Waals surface area contributed by atoms with Crippen molar-refractivity contribution >= 4 is 15.7 Å². The second-order valence-corrected chi connectivity index (χ2v) is 8.46. The predicted molar refractivity (Wildman–Crippen MR) is 105 cm³/mol. The average molecular weight is 428 g/mol. The Morgan fingerprint density at radius 2 is 1.77 bits per heavy atom. The zero-order valence-corrected chi connectivity index (χ0v) is 16.3. The normalized spacial score (nSPS) is 11.6. The van der Waals surface area contributed by atoms with E-state index in [1.807, 2.05) is 0 Å². The summed E-state index contributed by atoms with van der Waals surface area (Å²) in [5, 5.41) is 11.2. The van der Waals surface area contributed by atoms with E-state index in [0.29, 0.717) is 16.7 Å². The first-order valence-electron chi connectivity index (χ1n) is 8.55. The summed E-state index contributed by atoms with van der Waals surface area (Å²) >= 11 is 0. The van der Waals surface area contributed by atoms with Crippen molar-refractivity contribution in [3.63, 3.8) is 0 Å². The van der Waals surface area contributed by atoms with Gasteiger partial charge in [0.05, 0.1) is 10.5 Å². The number of nitrogens with zero attached hydrogens (tertiary/aromatic N) is 5. The smallest absolute Gasteiger partial charge is 0.190 e. The molecule has 0 bridgehead atoms. The number of anilines is 1. The minimum Gasteiger partial charge on any atom is -0.383 e. The third kappa shape index (κ3) is 3.50. The molecule has 0 aliphatic heterocycles. The van der Waals surface area contributed by atoms with Crippen LogP contribution in [0.5, 0.6) is 0 Å². The lowest BCUT2D eigenvalue weighted by Crippen LogP contribution is -2.06. The van der Waals surface area contributed by atoms with Crippen molar-refractivity contribution in [1.29, 1.82) is 0 Å². The van der Waals surface area contributed by atoms with Crippen molar-refractivity contribution in [3.05, 3.63) is 66.4 Å². The number of aromatic nitrogens is 5. The van der Waals surface area contributed by atoms with E-state index in [9.17, 15) is 17.2 Å². The molecule has 2 heterocycles. The van der Waals surface area contributed by atoms with Crippen molar-refractivity contribution in [2.75, 3.05) is 12.0 Å². The molecule has 8 nitrogen and oxygen atoms in total. The average Bonchev–Trinajstić information content (AvgIpc) is 3.19. The summed E-state index contributed by atoms with van der Waals surface area (Å²) in [6, 6.07) is 11.5. The van der Waals surface area contributed by atoms with Crippen LogP contribution in [0, 0.1) is 11.6 Å². The number of halogens is 2. The van der Waals surface area contributed by atoms with Gasteiger partial charge in [-0.05, 0) is 46.3 Å². The summed E-state index contributed by atoms with van der Waals surface area (Å²) < 4.78 is 52.2. The van der Waals surface area contributed by atoms with Crippen LogP contribution in [0.2, 0.25) is 0 Å². The van der Waals surface area contributed by atoms with Gasteiger partial charge in [0.1, 0.15) is 11.5 Å². The van der Waals surface area contributed by atoms with Gasteiger partial charge in [-0.3, -0.25) is 0 Å². The lowest BCUT2D eigenvalue weighted by molar-refractivity contribution is 0.501.